The van der Waals surface area contributed by atoms with Crippen LogP contribution < -0.4 is 9.62 Å². The predicted molar refractivity (Wildman–Crippen MR) is 157 cm³/mol. The molecule has 208 valence electrons. The van der Waals surface area contributed by atoms with Crippen molar-refractivity contribution in [3.05, 3.63) is 93.5 Å². The van der Waals surface area contributed by atoms with Crippen molar-refractivity contribution in [1.29, 1.82) is 0 Å². The van der Waals surface area contributed by atoms with Crippen LogP contribution in [0, 0.1) is 13.8 Å². The van der Waals surface area contributed by atoms with Gasteiger partial charge in [-0.2, -0.15) is 0 Å². The van der Waals surface area contributed by atoms with Gasteiger partial charge in [-0.05, 0) is 80.3 Å². The summed E-state index contributed by atoms with van der Waals surface area (Å²) in [5, 5.41) is 3.49. The molecule has 0 aliphatic rings. The topological polar surface area (TPSA) is 86.8 Å². The summed E-state index contributed by atoms with van der Waals surface area (Å²) in [7, 11) is -4.11. The molecule has 3 rings (SSSR count). The number of benzene rings is 3. The molecule has 0 aromatic heterocycles. The number of nitrogens with one attached hydrogen (secondary N) is 1. The summed E-state index contributed by atoms with van der Waals surface area (Å²) in [6.07, 6.45) is 0.731. The number of hydrogen-bond acceptors (Lipinski definition) is 4. The van der Waals surface area contributed by atoms with E-state index in [2.05, 4.69) is 5.32 Å². The van der Waals surface area contributed by atoms with Gasteiger partial charge >= 0.3 is 0 Å². The fourth-order valence-electron chi connectivity index (χ4n) is 4.16. The first kappa shape index (κ1) is 30.5. The summed E-state index contributed by atoms with van der Waals surface area (Å²) in [6, 6.07) is 17.4. The van der Waals surface area contributed by atoms with E-state index in [0.717, 1.165) is 21.9 Å². The van der Waals surface area contributed by atoms with E-state index in [9.17, 15) is 18.0 Å². The van der Waals surface area contributed by atoms with Crippen molar-refractivity contribution in [2.45, 2.75) is 51.6 Å². The van der Waals surface area contributed by atoms with E-state index in [0.29, 0.717) is 27.8 Å². The zero-order valence-electron chi connectivity index (χ0n) is 22.4. The van der Waals surface area contributed by atoms with Crippen molar-refractivity contribution < 1.29 is 18.0 Å². The lowest BCUT2D eigenvalue weighted by Crippen LogP contribution is -2.51. The molecule has 0 radical (unpaired) electrons. The Labute approximate surface area is 240 Å². The number of halogens is 2. The first-order chi connectivity index (χ1) is 18.4. The maximum absolute atomic E-state index is 13.9. The first-order valence-corrected chi connectivity index (χ1v) is 14.8. The van der Waals surface area contributed by atoms with Gasteiger partial charge in [-0.3, -0.25) is 13.9 Å². The molecule has 0 spiro atoms. The second kappa shape index (κ2) is 13.3. The van der Waals surface area contributed by atoms with Gasteiger partial charge in [0.1, 0.15) is 12.6 Å². The Balaban J connectivity index is 2.05. The van der Waals surface area contributed by atoms with Crippen LogP contribution in [0.1, 0.15) is 37.0 Å². The number of anilines is 1. The summed E-state index contributed by atoms with van der Waals surface area (Å²) in [4.78, 5) is 28.3. The molecule has 10 heteroatoms. The standard InChI is InChI=1S/C29H33Cl2N3O4S/c1-5-13-32-29(36)22(4)33(18-23-11-12-26(30)27(31)17-23)28(35)19-34(24-15-20(2)14-21(3)16-24)39(37,38)25-9-7-6-8-10-25/h6-12,14-17,22H,5,13,18-19H2,1-4H3,(H,32,36)/t22-/m0/s1. The third-order valence-electron chi connectivity index (χ3n) is 6.16. The van der Waals surface area contributed by atoms with Crippen molar-refractivity contribution in [1.82, 2.24) is 10.2 Å². The minimum Gasteiger partial charge on any atom is -0.354 e. The third-order valence-corrected chi connectivity index (χ3v) is 8.69. The predicted octanol–water partition coefficient (Wildman–Crippen LogP) is 5.75. The van der Waals surface area contributed by atoms with Crippen molar-refractivity contribution in [3.8, 4) is 0 Å². The van der Waals surface area contributed by atoms with Crippen molar-refractivity contribution >= 4 is 50.7 Å². The average Bonchev–Trinajstić information content (AvgIpc) is 2.90. The number of rotatable bonds is 11. The zero-order chi connectivity index (χ0) is 28.7. The molecule has 0 fully saturated rings. The normalized spacial score (nSPS) is 12.1. The summed E-state index contributed by atoms with van der Waals surface area (Å²) in [5.41, 5.74) is 2.72. The molecule has 39 heavy (non-hydrogen) atoms. The smallest absolute Gasteiger partial charge is 0.264 e. The van der Waals surface area contributed by atoms with Gasteiger partial charge in [0, 0.05) is 13.1 Å². The number of nitrogens with zero attached hydrogens (tertiary/aromatic N) is 2. The van der Waals surface area contributed by atoms with Gasteiger partial charge in [-0.25, -0.2) is 8.42 Å². The minimum atomic E-state index is -4.11. The van der Waals surface area contributed by atoms with Crippen molar-refractivity contribution in [2.24, 2.45) is 0 Å². The summed E-state index contributed by atoms with van der Waals surface area (Å²) in [6.45, 7) is 7.25. The average molecular weight is 591 g/mol. The molecule has 7 nitrogen and oxygen atoms in total. The van der Waals surface area contributed by atoms with E-state index in [1.807, 2.05) is 26.8 Å². The molecule has 0 aliphatic carbocycles. The van der Waals surface area contributed by atoms with Gasteiger partial charge in [0.25, 0.3) is 10.0 Å². The van der Waals surface area contributed by atoms with Crippen LogP contribution in [0.4, 0.5) is 5.69 Å². The van der Waals surface area contributed by atoms with Crippen LogP contribution in [-0.4, -0.2) is 44.3 Å². The number of aryl methyl sites for hydroxylation is 2. The quantitative estimate of drug-likeness (QED) is 0.308. The minimum absolute atomic E-state index is 0.0303. The number of hydrogen-bond donors (Lipinski definition) is 1. The summed E-state index contributed by atoms with van der Waals surface area (Å²) < 4.78 is 28.8. The Kier molecular flexibility index (Phi) is 10.4. The van der Waals surface area contributed by atoms with E-state index >= 15 is 0 Å². The highest BCUT2D eigenvalue weighted by molar-refractivity contribution is 7.92. The lowest BCUT2D eigenvalue weighted by Gasteiger charge is -2.32. The molecule has 3 aromatic rings. The molecule has 3 aromatic carbocycles. The molecule has 0 aliphatic heterocycles. The molecule has 0 saturated heterocycles. The fraction of sp³-hybridized carbons (Fsp3) is 0.310. The highest BCUT2D eigenvalue weighted by Crippen LogP contribution is 2.27. The highest BCUT2D eigenvalue weighted by atomic mass is 35.5. The zero-order valence-corrected chi connectivity index (χ0v) is 24.8. The molecule has 0 unspecified atom stereocenters. The lowest BCUT2D eigenvalue weighted by atomic mass is 10.1. The van der Waals surface area contributed by atoms with Crippen LogP contribution in [0.15, 0.2) is 71.6 Å². The third kappa shape index (κ3) is 7.75. The van der Waals surface area contributed by atoms with Crippen molar-refractivity contribution in [3.63, 3.8) is 0 Å². The Morgan fingerprint density at radius 2 is 1.56 bits per heavy atom. The van der Waals surface area contributed by atoms with Gasteiger partial charge in [0.05, 0.1) is 20.6 Å². The molecule has 1 atom stereocenters. The van der Waals surface area contributed by atoms with Gasteiger partial charge in [-0.1, -0.05) is 60.5 Å². The lowest BCUT2D eigenvalue weighted by molar-refractivity contribution is -0.139. The SMILES string of the molecule is CCCNC(=O)[C@H](C)N(Cc1ccc(Cl)c(Cl)c1)C(=O)CN(c1cc(C)cc(C)c1)S(=O)(=O)c1ccccc1. The van der Waals surface area contributed by atoms with E-state index in [4.69, 9.17) is 23.2 Å². The van der Waals surface area contributed by atoms with Gasteiger partial charge < -0.3 is 10.2 Å². The van der Waals surface area contributed by atoms with Crippen LogP contribution >= 0.6 is 23.2 Å². The maximum Gasteiger partial charge on any atom is 0.264 e. The fourth-order valence-corrected chi connectivity index (χ4v) is 5.90. The van der Waals surface area contributed by atoms with E-state index in [1.54, 1.807) is 55.5 Å². The molecular formula is C29H33Cl2N3O4S. The van der Waals surface area contributed by atoms with E-state index < -0.39 is 28.5 Å². The van der Waals surface area contributed by atoms with Crippen molar-refractivity contribution in [2.75, 3.05) is 17.4 Å². The van der Waals surface area contributed by atoms with Crippen LogP contribution in [0.2, 0.25) is 10.0 Å². The maximum atomic E-state index is 13.9. The number of carbonyl (C=O) groups is 2. The molecule has 0 heterocycles. The Morgan fingerprint density at radius 3 is 2.15 bits per heavy atom. The number of sulfonamides is 1. The summed E-state index contributed by atoms with van der Waals surface area (Å²) >= 11 is 12.3. The van der Waals surface area contributed by atoms with Gasteiger partial charge in [-0.15, -0.1) is 0 Å². The molecule has 2 amide bonds. The van der Waals surface area contributed by atoms with Crippen LogP contribution in [0.25, 0.3) is 0 Å². The second-order valence-electron chi connectivity index (χ2n) is 9.41. The first-order valence-electron chi connectivity index (χ1n) is 12.6. The molecule has 1 N–H and O–H groups in total. The Morgan fingerprint density at radius 1 is 0.923 bits per heavy atom. The van der Waals surface area contributed by atoms with E-state index in [-0.39, 0.29) is 17.3 Å². The number of carbonyl (C=O) groups excluding carboxylic acids is 2. The highest BCUT2D eigenvalue weighted by Gasteiger charge is 2.32. The Hall–Kier alpha value is -3.07. The van der Waals surface area contributed by atoms with Gasteiger partial charge in [0.2, 0.25) is 11.8 Å². The van der Waals surface area contributed by atoms with Crippen LogP contribution in [0.5, 0.6) is 0 Å². The van der Waals surface area contributed by atoms with Gasteiger partial charge in [0.15, 0.2) is 0 Å². The Bertz CT molecular complexity index is 1410. The van der Waals surface area contributed by atoms with E-state index in [1.165, 1.54) is 17.0 Å². The number of amides is 2. The largest absolute Gasteiger partial charge is 0.354 e. The molecular weight excluding hydrogens is 557 g/mol. The van der Waals surface area contributed by atoms with Crippen LogP contribution in [-0.2, 0) is 26.2 Å². The second-order valence-corrected chi connectivity index (χ2v) is 12.1. The summed E-state index contributed by atoms with van der Waals surface area (Å²) in [5.74, 6) is -0.881. The molecule has 0 saturated carbocycles. The van der Waals surface area contributed by atoms with Crippen LogP contribution in [0.3, 0.4) is 0 Å². The monoisotopic (exact) mass is 589 g/mol. The molecule has 0 bridgehead atoms.